The molecule has 9 rings (SSSR count). The fourth-order valence-corrected chi connectivity index (χ4v) is 10.3. The largest absolute Gasteiger partial charge is 0.508 e. The zero-order valence-electron chi connectivity index (χ0n) is 33.6. The van der Waals surface area contributed by atoms with E-state index in [1.165, 1.54) is 6.92 Å². The van der Waals surface area contributed by atoms with E-state index in [9.17, 15) is 15.0 Å². The number of nitrogens with one attached hydrogen (secondary N) is 1. The Kier molecular flexibility index (Phi) is 9.76. The second-order valence-electron chi connectivity index (χ2n) is 17.2. The average molecular weight is 782 g/mol. The molecule has 5 unspecified atom stereocenters. The molecule has 1 aromatic heterocycles. The quantitative estimate of drug-likeness (QED) is 0.109. The van der Waals surface area contributed by atoms with Gasteiger partial charge in [0, 0.05) is 52.6 Å². The molecule has 1 fully saturated rings. The van der Waals surface area contributed by atoms with Crippen LogP contribution in [0.5, 0.6) is 28.7 Å². The van der Waals surface area contributed by atoms with Gasteiger partial charge >= 0.3 is 5.97 Å². The lowest BCUT2D eigenvalue weighted by Crippen LogP contribution is -2.33. The van der Waals surface area contributed by atoms with Crippen molar-refractivity contribution >= 4 is 17.9 Å². The van der Waals surface area contributed by atoms with Gasteiger partial charge in [-0.25, -0.2) is 4.98 Å². The summed E-state index contributed by atoms with van der Waals surface area (Å²) in [6.07, 6.45) is 9.10. The van der Waals surface area contributed by atoms with Crippen LogP contribution in [0.4, 0.5) is 5.82 Å². The molecular weight excluding hydrogens is 731 g/mol. The van der Waals surface area contributed by atoms with Gasteiger partial charge in [0.05, 0.1) is 19.1 Å². The molecule has 5 N–H and O–H groups in total. The third-order valence-corrected chi connectivity index (χ3v) is 12.8. The minimum absolute atomic E-state index is 0.0244. The predicted molar refractivity (Wildman–Crippen MR) is 222 cm³/mol. The number of pyridine rings is 1. The van der Waals surface area contributed by atoms with Crippen molar-refractivity contribution in [3.05, 3.63) is 93.2 Å². The molecule has 5 atom stereocenters. The zero-order chi connectivity index (χ0) is 40.3. The van der Waals surface area contributed by atoms with Gasteiger partial charge in [-0.3, -0.25) is 4.79 Å². The Bertz CT molecular complexity index is 2410. The number of carbonyl (C=O) groups is 1. The van der Waals surface area contributed by atoms with Crippen molar-refractivity contribution in [2.24, 2.45) is 11.8 Å². The van der Waals surface area contributed by atoms with Crippen LogP contribution in [0.15, 0.2) is 48.5 Å². The molecule has 1 saturated carbocycles. The number of aromatic hydroxyl groups is 2. The summed E-state index contributed by atoms with van der Waals surface area (Å²) in [5.41, 5.74) is 15.1. The number of nitrogens with two attached hydrogens (primary N) is 1. The fourth-order valence-electron chi connectivity index (χ4n) is 10.3. The first-order valence-electron chi connectivity index (χ1n) is 20.6. The van der Waals surface area contributed by atoms with Crippen molar-refractivity contribution in [3.8, 4) is 51.7 Å². The highest BCUT2D eigenvalue weighted by Crippen LogP contribution is 2.63. The van der Waals surface area contributed by atoms with Crippen LogP contribution < -0.4 is 25.3 Å². The number of hydrogen-bond donors (Lipinski definition) is 4. The number of rotatable bonds is 7. The molecule has 1 spiro atoms. The van der Waals surface area contributed by atoms with Crippen LogP contribution >= 0.6 is 0 Å². The first-order chi connectivity index (χ1) is 28.0. The SMILES string of the molecule is COc1cc(O)cc2c1-c1ccc3c4c1C1(CCC(Cc5ccc(N)nc5C#CCc5cc(O)c6c(c5C(O4)C3COC(C)=O)C=CC(NCCC(C)C)CO6)C1)C2. The number of methoxy groups -OCH3 is 1. The molecule has 300 valence electrons. The van der Waals surface area contributed by atoms with Crippen molar-refractivity contribution in [1.29, 1.82) is 0 Å². The van der Waals surface area contributed by atoms with Gasteiger partial charge in [0.1, 0.15) is 48.1 Å². The number of benzene rings is 3. The highest BCUT2D eigenvalue weighted by Gasteiger charge is 2.51. The smallest absolute Gasteiger partial charge is 0.302 e. The van der Waals surface area contributed by atoms with Crippen molar-refractivity contribution in [1.82, 2.24) is 10.3 Å². The number of aromatic nitrogens is 1. The van der Waals surface area contributed by atoms with Crippen molar-refractivity contribution in [2.75, 3.05) is 32.6 Å². The van der Waals surface area contributed by atoms with Crippen LogP contribution in [-0.2, 0) is 34.2 Å². The van der Waals surface area contributed by atoms with Gasteiger partial charge in [-0.15, -0.1) is 0 Å². The Balaban J connectivity index is 1.28. The number of carbonyl (C=O) groups excluding carboxylic acids is 1. The van der Waals surface area contributed by atoms with Gasteiger partial charge in [-0.2, -0.15) is 0 Å². The molecule has 0 amide bonds. The number of ether oxygens (including phenoxy) is 4. The predicted octanol–water partition coefficient (Wildman–Crippen LogP) is 7.69. The van der Waals surface area contributed by atoms with E-state index in [2.05, 4.69) is 55.3 Å². The summed E-state index contributed by atoms with van der Waals surface area (Å²) in [5, 5.41) is 26.2. The second kappa shape index (κ2) is 14.9. The van der Waals surface area contributed by atoms with Crippen LogP contribution in [-0.4, -0.2) is 54.1 Å². The summed E-state index contributed by atoms with van der Waals surface area (Å²) >= 11 is 0. The van der Waals surface area contributed by atoms with Crippen LogP contribution in [0.2, 0.25) is 0 Å². The molecule has 2 aliphatic carbocycles. The summed E-state index contributed by atoms with van der Waals surface area (Å²) in [6, 6.07) is 13.4. The Labute approximate surface area is 339 Å². The maximum atomic E-state index is 12.5. The van der Waals surface area contributed by atoms with E-state index in [0.29, 0.717) is 47.9 Å². The number of nitrogen functional groups attached to an aromatic ring is 1. The van der Waals surface area contributed by atoms with Gasteiger partial charge in [0.15, 0.2) is 11.5 Å². The molecule has 5 aliphatic rings. The van der Waals surface area contributed by atoms with E-state index < -0.39 is 6.10 Å². The Morgan fingerprint density at radius 1 is 1.12 bits per heavy atom. The van der Waals surface area contributed by atoms with Crippen LogP contribution in [0, 0.1) is 23.7 Å². The van der Waals surface area contributed by atoms with Crippen molar-refractivity contribution in [2.45, 2.75) is 89.2 Å². The monoisotopic (exact) mass is 781 g/mol. The minimum Gasteiger partial charge on any atom is -0.508 e. The summed E-state index contributed by atoms with van der Waals surface area (Å²) in [5.74, 6) is 9.29. The lowest BCUT2D eigenvalue weighted by molar-refractivity contribution is -0.141. The molecule has 58 heavy (non-hydrogen) atoms. The number of phenolic OH excluding ortho intramolecular Hbond substituents is 2. The van der Waals surface area contributed by atoms with E-state index in [1.54, 1.807) is 19.2 Å². The highest BCUT2D eigenvalue weighted by atomic mass is 16.5. The van der Waals surface area contributed by atoms with E-state index in [1.807, 2.05) is 18.2 Å². The molecule has 0 radical (unpaired) electrons. The molecule has 3 aromatic carbocycles. The molecule has 4 aromatic rings. The third kappa shape index (κ3) is 6.69. The molecule has 3 aliphatic heterocycles. The molecule has 0 saturated heterocycles. The highest BCUT2D eigenvalue weighted by molar-refractivity contribution is 5.84. The first-order valence-corrected chi connectivity index (χ1v) is 20.6. The number of esters is 1. The van der Waals surface area contributed by atoms with Crippen LogP contribution in [0.1, 0.15) is 103 Å². The summed E-state index contributed by atoms with van der Waals surface area (Å²) in [6.45, 7) is 7.10. The summed E-state index contributed by atoms with van der Waals surface area (Å²) in [4.78, 5) is 17.2. The maximum Gasteiger partial charge on any atom is 0.302 e. The van der Waals surface area contributed by atoms with Gasteiger partial charge in [-0.1, -0.05) is 50.1 Å². The van der Waals surface area contributed by atoms with Crippen LogP contribution in [0.25, 0.3) is 17.2 Å². The number of fused-ring (bicyclic) bond motifs is 9. The Morgan fingerprint density at radius 3 is 2.79 bits per heavy atom. The molecule has 4 bridgehead atoms. The zero-order valence-corrected chi connectivity index (χ0v) is 33.6. The number of anilines is 1. The van der Waals surface area contributed by atoms with E-state index in [0.717, 1.165) is 94.5 Å². The van der Waals surface area contributed by atoms with Gasteiger partial charge in [-0.05, 0) is 103 Å². The normalized spacial score (nSPS) is 23.3. The molecule has 4 heterocycles. The maximum absolute atomic E-state index is 12.5. The van der Waals surface area contributed by atoms with Crippen molar-refractivity contribution in [3.63, 3.8) is 0 Å². The molecular formula is C48H51N3O7. The van der Waals surface area contributed by atoms with Gasteiger partial charge < -0.3 is 40.2 Å². The summed E-state index contributed by atoms with van der Waals surface area (Å²) < 4.78 is 25.7. The fraction of sp³-hybridized carbons (Fsp3) is 0.417. The number of phenols is 2. The third-order valence-electron chi connectivity index (χ3n) is 12.8. The standard InChI is InChI=1S/C48H51N3O7/c1-26(2)15-17-50-32-9-10-36-43-30(20-39(54)45(36)57-24-32)6-5-7-38-29(8-13-41(49)51-38)18-28-14-16-48(22-28)23-31-19-33(53)21-40(55-4)42(31)35-12-11-34-37(25-56-27(3)52)46(43)58-47(34)44(35)48/h8-13,19-21,26,28,32,37,46,50,53-54H,6,14-18,22-25H2,1-4H3,(H2,49,51). The molecule has 10 heteroatoms. The van der Waals surface area contributed by atoms with E-state index >= 15 is 0 Å². The number of nitrogens with zero attached hydrogens (tertiary/aromatic N) is 1. The minimum atomic E-state index is -0.616. The van der Waals surface area contributed by atoms with E-state index in [-0.39, 0.29) is 47.9 Å². The first kappa shape index (κ1) is 37.9. The van der Waals surface area contributed by atoms with Gasteiger partial charge in [0.25, 0.3) is 0 Å². The van der Waals surface area contributed by atoms with Crippen LogP contribution in [0.3, 0.4) is 0 Å². The topological polar surface area (TPSA) is 145 Å². The Hall–Kier alpha value is -5.66. The molecule has 10 nitrogen and oxygen atoms in total. The summed E-state index contributed by atoms with van der Waals surface area (Å²) in [7, 11) is 1.64. The number of hydrogen-bond acceptors (Lipinski definition) is 10. The Morgan fingerprint density at radius 2 is 1.98 bits per heavy atom. The lowest BCUT2D eigenvalue weighted by atomic mass is 9.65. The van der Waals surface area contributed by atoms with E-state index in [4.69, 9.17) is 29.7 Å². The lowest BCUT2D eigenvalue weighted by Gasteiger charge is -2.39. The second-order valence-corrected chi connectivity index (χ2v) is 17.2. The van der Waals surface area contributed by atoms with Crippen molar-refractivity contribution < 1.29 is 34.0 Å². The average Bonchev–Trinajstić information content (AvgIpc) is 3.67. The van der Waals surface area contributed by atoms with Gasteiger partial charge in [0.2, 0.25) is 0 Å².